The first-order chi connectivity index (χ1) is 29.8. The minimum atomic E-state index is -4.29. The van der Waals surface area contributed by atoms with Crippen LogP contribution >= 0.6 is 0 Å². The van der Waals surface area contributed by atoms with Crippen molar-refractivity contribution in [3.63, 3.8) is 0 Å². The van der Waals surface area contributed by atoms with Crippen molar-refractivity contribution in [3.8, 4) is 69.3 Å². The molecule has 3 atom stereocenters. The number of nitrogens with zero attached hydrogens (tertiary/aromatic N) is 1. The zero-order chi connectivity index (χ0) is 49.0. The molecule has 5 rings (SSSR count). The van der Waals surface area contributed by atoms with Gasteiger partial charge in [0.25, 0.3) is 11.7 Å². The molecule has 21 N–H and O–H groups in total. The van der Waals surface area contributed by atoms with Gasteiger partial charge in [-0.15, -0.1) is 0 Å². The highest BCUT2D eigenvalue weighted by Gasteiger charge is 2.58. The third kappa shape index (κ3) is 9.40. The van der Waals surface area contributed by atoms with E-state index in [0.29, 0.717) is 17.0 Å². The van der Waals surface area contributed by atoms with Gasteiger partial charge in [0.05, 0.1) is 12.0 Å². The maximum atomic E-state index is 14.3. The average Bonchev–Trinajstić information content (AvgIpc) is 3.43. The molecule has 346 valence electrons. The zero-order valence-electron chi connectivity index (χ0n) is 32.3. The van der Waals surface area contributed by atoms with E-state index >= 15 is 0 Å². The standard InChI is InChI=1S/C36H34BN3O24S/c37-21-14(22(42)28(48)29(49)27(21)47)5-6-15-23(43)25(45)20(26(46)24(15)44)32-40(13-3-1-2-11(8-13)30(38)50)31(51)18(65(32)62)10-19(41)39-34(54,55)33(52,53)12-4-7-16(63-35(56,57)58)17(9-12)64-36(59,60)61/h1-4,7-9,18,32,42-49,52-61H,10,37H2,(H2,38,50)(H,39,41)/t18-,32+,65+/m1/s1. The molecule has 29 heteroatoms. The smallest absolute Gasteiger partial charge is 0.453 e. The number of amides is 3. The van der Waals surface area contributed by atoms with Crippen LogP contribution in [0.4, 0.5) is 5.69 Å². The Morgan fingerprint density at radius 2 is 1.26 bits per heavy atom. The Balaban J connectivity index is 1.55. The second-order valence-electron chi connectivity index (χ2n) is 13.7. The van der Waals surface area contributed by atoms with Crippen LogP contribution in [-0.2, 0) is 26.6 Å². The number of carbonyl (C=O) groups excluding carboxylic acids is 3. The van der Waals surface area contributed by atoms with Crippen LogP contribution in [-0.4, -0.2) is 146 Å². The van der Waals surface area contributed by atoms with Crippen molar-refractivity contribution in [1.29, 1.82) is 0 Å². The number of nitrogens with two attached hydrogens (primary N) is 1. The summed E-state index contributed by atoms with van der Waals surface area (Å²) in [5, 5.41) is 180. The molecule has 0 radical (unpaired) electrons. The van der Waals surface area contributed by atoms with E-state index in [0.717, 1.165) is 32.1 Å². The number of carbonyl (C=O) groups is 3. The molecule has 4 aromatic rings. The van der Waals surface area contributed by atoms with E-state index in [1.807, 2.05) is 0 Å². The van der Waals surface area contributed by atoms with Gasteiger partial charge >= 0.3 is 18.2 Å². The van der Waals surface area contributed by atoms with E-state index in [-0.39, 0.29) is 22.8 Å². The quantitative estimate of drug-likeness (QED) is 0.0157. The Morgan fingerprint density at radius 1 is 0.738 bits per heavy atom. The summed E-state index contributed by atoms with van der Waals surface area (Å²) in [5.74, 6) is -20.8. The number of hydrogen-bond donors (Lipinski definition) is 20. The highest BCUT2D eigenvalue weighted by atomic mass is 32.2. The first-order valence-electron chi connectivity index (χ1n) is 17.5. The number of rotatable bonds is 12. The fourth-order valence-corrected chi connectivity index (χ4v) is 7.99. The summed E-state index contributed by atoms with van der Waals surface area (Å²) < 4.78 is 22.8. The van der Waals surface area contributed by atoms with Gasteiger partial charge < -0.3 is 117 Å². The molecule has 65 heavy (non-hydrogen) atoms. The third-order valence-electron chi connectivity index (χ3n) is 9.30. The fraction of sp³-hybridized carbons (Fsp3) is 0.194. The molecule has 0 spiro atoms. The van der Waals surface area contributed by atoms with Crippen molar-refractivity contribution in [2.24, 2.45) is 5.73 Å². The third-order valence-corrected chi connectivity index (χ3v) is 11.1. The topological polar surface area (TPSA) is 498 Å². The van der Waals surface area contributed by atoms with Crippen molar-refractivity contribution in [3.05, 3.63) is 70.3 Å². The second-order valence-corrected chi connectivity index (χ2v) is 15.4. The molecule has 1 aliphatic heterocycles. The van der Waals surface area contributed by atoms with E-state index in [2.05, 4.69) is 21.3 Å². The highest BCUT2D eigenvalue weighted by molar-refractivity contribution is 7.93. The Labute approximate surface area is 364 Å². The summed E-state index contributed by atoms with van der Waals surface area (Å²) in [6.07, 6.45) is -9.54. The van der Waals surface area contributed by atoms with Gasteiger partial charge in [-0.3, -0.25) is 19.3 Å². The fourth-order valence-electron chi connectivity index (χ4n) is 6.16. The Kier molecular flexibility index (Phi) is 12.8. The monoisotopic (exact) mass is 935 g/mol. The van der Waals surface area contributed by atoms with Gasteiger partial charge in [-0.25, -0.2) is 0 Å². The molecule has 0 unspecified atom stereocenters. The normalized spacial score (nSPS) is 16.8. The molecule has 0 saturated carbocycles. The number of anilines is 1. The van der Waals surface area contributed by atoms with Gasteiger partial charge in [0.1, 0.15) is 19.0 Å². The Morgan fingerprint density at radius 3 is 1.82 bits per heavy atom. The predicted octanol–water partition coefficient (Wildman–Crippen LogP) is -6.83. The minimum Gasteiger partial charge on any atom is -0.614 e. The molecule has 1 fully saturated rings. The molecular formula is C36H34BN3O24S. The maximum Gasteiger partial charge on any atom is 0.453 e. The van der Waals surface area contributed by atoms with Gasteiger partial charge in [0.2, 0.25) is 33.9 Å². The molecule has 27 nitrogen and oxygen atoms in total. The van der Waals surface area contributed by atoms with Crippen molar-refractivity contribution >= 4 is 47.9 Å². The molecule has 1 saturated heterocycles. The Hall–Kier alpha value is -7.18. The predicted molar refractivity (Wildman–Crippen MR) is 210 cm³/mol. The molecule has 3 amide bonds. The lowest BCUT2D eigenvalue weighted by molar-refractivity contribution is -0.428. The summed E-state index contributed by atoms with van der Waals surface area (Å²) in [4.78, 5) is 40.1. The van der Waals surface area contributed by atoms with E-state index < -0.39 is 150 Å². The lowest BCUT2D eigenvalue weighted by Gasteiger charge is -2.35. The molecule has 0 bridgehead atoms. The summed E-state index contributed by atoms with van der Waals surface area (Å²) >= 11 is -2.99. The first-order valence-corrected chi connectivity index (χ1v) is 18.8. The van der Waals surface area contributed by atoms with Crippen LogP contribution in [0.15, 0.2) is 42.5 Å². The van der Waals surface area contributed by atoms with Crippen LogP contribution < -0.4 is 30.9 Å². The van der Waals surface area contributed by atoms with E-state index in [4.69, 9.17) is 21.1 Å². The molecule has 0 aromatic heterocycles. The summed E-state index contributed by atoms with van der Waals surface area (Å²) in [5.41, 5.74) is 0.430. The number of hydrogen-bond acceptors (Lipinski definition) is 24. The lowest BCUT2D eigenvalue weighted by atomic mass is 9.88. The van der Waals surface area contributed by atoms with Crippen molar-refractivity contribution in [2.75, 3.05) is 4.90 Å². The van der Waals surface area contributed by atoms with Gasteiger partial charge in [-0.1, -0.05) is 17.9 Å². The molecule has 1 aliphatic rings. The number of phenols is 8. The van der Waals surface area contributed by atoms with Crippen molar-refractivity contribution in [2.45, 2.75) is 41.1 Å². The summed E-state index contributed by atoms with van der Waals surface area (Å²) in [6.45, 7) is 0. The van der Waals surface area contributed by atoms with Gasteiger partial charge in [0.15, 0.2) is 46.0 Å². The van der Waals surface area contributed by atoms with Gasteiger partial charge in [-0.05, 0) is 53.0 Å². The number of nitrogens with one attached hydrogen (secondary N) is 1. The number of primary amides is 1. The van der Waals surface area contributed by atoms with E-state index in [1.54, 1.807) is 0 Å². The first kappa shape index (κ1) is 48.9. The zero-order valence-corrected chi connectivity index (χ0v) is 33.2. The van der Waals surface area contributed by atoms with Crippen LogP contribution in [0.3, 0.4) is 0 Å². The molecule has 4 aromatic carbocycles. The van der Waals surface area contributed by atoms with Gasteiger partial charge in [0, 0.05) is 16.8 Å². The number of benzene rings is 4. The number of phenolic OH excluding ortho intramolecular Hbond substituents is 8. The lowest BCUT2D eigenvalue weighted by Crippen LogP contribution is -2.63. The second kappa shape index (κ2) is 17.1. The summed E-state index contributed by atoms with van der Waals surface area (Å²) in [7, 11) is 1.12. The van der Waals surface area contributed by atoms with Crippen LogP contribution in [0.1, 0.15) is 44.4 Å². The SMILES string of the molecule is Bc1c(O)c(O)c(O)c(O)c1C#Cc1c(O)c(O)c([C@H]2N(c3cccc(C(N)=O)c3)C(=O)[C@@H](CC(=O)NC(O)(O)C(O)(O)c3ccc(OC(O)(O)O)c(OC(O)(O)O)c3)[S@+]2[O-])c(O)c1O. The van der Waals surface area contributed by atoms with Crippen LogP contribution in [0.25, 0.3) is 0 Å². The van der Waals surface area contributed by atoms with Crippen molar-refractivity contribution in [1.82, 2.24) is 5.32 Å². The highest BCUT2D eigenvalue weighted by Crippen LogP contribution is 2.55. The van der Waals surface area contributed by atoms with Crippen LogP contribution in [0.5, 0.6) is 57.5 Å². The van der Waals surface area contributed by atoms with Crippen LogP contribution in [0, 0.1) is 11.8 Å². The molecular weight excluding hydrogens is 901 g/mol. The average molecular weight is 936 g/mol. The van der Waals surface area contributed by atoms with E-state index in [1.165, 1.54) is 5.32 Å². The maximum absolute atomic E-state index is 14.3. The summed E-state index contributed by atoms with van der Waals surface area (Å²) in [6, 6.07) is 5.47. The van der Waals surface area contributed by atoms with Gasteiger partial charge in [-0.2, -0.15) is 0 Å². The Bertz CT molecular complexity index is 2610. The number of ether oxygens (including phenoxy) is 2. The minimum absolute atomic E-state index is 0.207. The molecule has 1 heterocycles. The van der Waals surface area contributed by atoms with E-state index in [9.17, 15) is 95.5 Å². The molecule has 0 aliphatic carbocycles. The number of aliphatic hydroxyl groups is 10. The number of aromatic hydroxyl groups is 8. The largest absolute Gasteiger partial charge is 0.614 e. The van der Waals surface area contributed by atoms with Crippen LogP contribution in [0.2, 0.25) is 0 Å². The van der Waals surface area contributed by atoms with Crippen molar-refractivity contribution < 1.29 is 120 Å².